The minimum atomic E-state index is -0.671. The van der Waals surface area contributed by atoms with E-state index in [-0.39, 0.29) is 0 Å². The Bertz CT molecular complexity index is 659. The maximum atomic E-state index is 9.80. The molecule has 1 atom stereocenters. The highest BCUT2D eigenvalue weighted by molar-refractivity contribution is 5.45. The van der Waals surface area contributed by atoms with Crippen LogP contribution in [0.5, 0.6) is 11.5 Å². The highest BCUT2D eigenvalue weighted by Crippen LogP contribution is 2.31. The molecule has 0 spiro atoms. The Balaban J connectivity index is 2.33. The first-order valence-electron chi connectivity index (χ1n) is 6.62. The van der Waals surface area contributed by atoms with E-state index in [1.165, 1.54) is 0 Å². The summed E-state index contributed by atoms with van der Waals surface area (Å²) in [7, 11) is 1.63. The second-order valence-electron chi connectivity index (χ2n) is 4.72. The molecule has 1 unspecified atom stereocenters. The van der Waals surface area contributed by atoms with Gasteiger partial charge >= 0.3 is 0 Å². The number of nitrogens with zero attached hydrogens (tertiary/aromatic N) is 1. The maximum Gasteiger partial charge on any atom is 0.134 e. The highest BCUT2D eigenvalue weighted by atomic mass is 16.5. The molecule has 0 radical (unpaired) electrons. The molecule has 2 aromatic carbocycles. The third-order valence-corrected chi connectivity index (χ3v) is 3.03. The maximum absolute atomic E-state index is 9.80. The van der Waals surface area contributed by atoms with Crippen molar-refractivity contribution in [3.8, 4) is 17.6 Å². The molecule has 0 fully saturated rings. The fraction of sp³-hybridized carbons (Fsp3) is 0.235. The summed E-state index contributed by atoms with van der Waals surface area (Å²) in [6.45, 7) is 2.16. The molecule has 2 aromatic rings. The van der Waals surface area contributed by atoms with Gasteiger partial charge in [0.2, 0.25) is 0 Å². The Morgan fingerprint density at radius 2 is 2.05 bits per heavy atom. The first kappa shape index (κ1) is 15.0. The predicted molar refractivity (Wildman–Crippen MR) is 79.0 cm³/mol. The molecule has 0 saturated heterocycles. The molecule has 0 aliphatic rings. The fourth-order valence-electron chi connectivity index (χ4n) is 2.03. The van der Waals surface area contributed by atoms with E-state index in [4.69, 9.17) is 14.7 Å². The third kappa shape index (κ3) is 3.82. The summed E-state index contributed by atoms with van der Waals surface area (Å²) in [5.74, 6) is 1.13. The van der Waals surface area contributed by atoms with E-state index in [9.17, 15) is 5.11 Å². The molecule has 0 bridgehead atoms. The smallest absolute Gasteiger partial charge is 0.134 e. The zero-order valence-corrected chi connectivity index (χ0v) is 12.0. The van der Waals surface area contributed by atoms with Crippen molar-refractivity contribution in [3.05, 3.63) is 59.2 Å². The van der Waals surface area contributed by atoms with Gasteiger partial charge in [0.05, 0.1) is 24.3 Å². The molecule has 2 rings (SSSR count). The van der Waals surface area contributed by atoms with E-state index in [0.717, 1.165) is 5.56 Å². The zero-order valence-electron chi connectivity index (χ0n) is 12.0. The minimum Gasteiger partial charge on any atom is -0.457 e. The molecule has 108 valence electrons. The highest BCUT2D eigenvalue weighted by Gasteiger charge is 2.11. The van der Waals surface area contributed by atoms with Crippen LogP contribution in [0.25, 0.3) is 0 Å². The van der Waals surface area contributed by atoms with Gasteiger partial charge in [0.1, 0.15) is 11.5 Å². The van der Waals surface area contributed by atoms with Crippen LogP contribution in [0.3, 0.4) is 0 Å². The van der Waals surface area contributed by atoms with E-state index in [2.05, 4.69) is 6.07 Å². The van der Waals surface area contributed by atoms with Gasteiger partial charge in [-0.3, -0.25) is 0 Å². The molecule has 0 saturated carbocycles. The Labute approximate surface area is 124 Å². The first-order chi connectivity index (χ1) is 10.1. The molecule has 4 heteroatoms. The van der Waals surface area contributed by atoms with Gasteiger partial charge in [-0.25, -0.2) is 0 Å². The molecular weight excluding hydrogens is 266 g/mol. The molecule has 4 nitrogen and oxygen atoms in total. The SMILES string of the molecule is COCc1cccc(Oc2cc(C#N)ccc2C(C)O)c1. The number of methoxy groups -OCH3 is 1. The monoisotopic (exact) mass is 283 g/mol. The topological polar surface area (TPSA) is 62.5 Å². The Morgan fingerprint density at radius 1 is 1.24 bits per heavy atom. The minimum absolute atomic E-state index is 0.485. The number of benzene rings is 2. The zero-order chi connectivity index (χ0) is 15.2. The molecule has 0 aliphatic carbocycles. The number of ether oxygens (including phenoxy) is 2. The molecular formula is C17H17NO3. The third-order valence-electron chi connectivity index (χ3n) is 3.03. The van der Waals surface area contributed by atoms with Crippen molar-refractivity contribution in [2.75, 3.05) is 7.11 Å². The van der Waals surface area contributed by atoms with Crippen LogP contribution in [0.2, 0.25) is 0 Å². The largest absolute Gasteiger partial charge is 0.457 e. The lowest BCUT2D eigenvalue weighted by Crippen LogP contribution is -1.97. The van der Waals surface area contributed by atoms with Gasteiger partial charge in [-0.15, -0.1) is 0 Å². The van der Waals surface area contributed by atoms with Crippen LogP contribution < -0.4 is 4.74 Å². The number of hydrogen-bond donors (Lipinski definition) is 1. The first-order valence-corrected chi connectivity index (χ1v) is 6.62. The van der Waals surface area contributed by atoms with Gasteiger partial charge in [-0.1, -0.05) is 18.2 Å². The van der Waals surface area contributed by atoms with Crippen molar-refractivity contribution in [3.63, 3.8) is 0 Å². The van der Waals surface area contributed by atoms with Crippen molar-refractivity contribution in [1.82, 2.24) is 0 Å². The number of nitriles is 1. The second kappa shape index (κ2) is 6.89. The summed E-state index contributed by atoms with van der Waals surface area (Å²) in [5, 5.41) is 18.8. The van der Waals surface area contributed by atoms with Gasteiger partial charge in [-0.2, -0.15) is 5.26 Å². The second-order valence-corrected chi connectivity index (χ2v) is 4.72. The normalized spacial score (nSPS) is 11.7. The van der Waals surface area contributed by atoms with Crippen molar-refractivity contribution in [2.24, 2.45) is 0 Å². The number of rotatable bonds is 5. The Kier molecular flexibility index (Phi) is 4.94. The van der Waals surface area contributed by atoms with Crippen molar-refractivity contribution in [1.29, 1.82) is 5.26 Å². The summed E-state index contributed by atoms with van der Waals surface area (Å²) >= 11 is 0. The van der Waals surface area contributed by atoms with E-state index in [1.54, 1.807) is 32.2 Å². The number of hydrogen-bond acceptors (Lipinski definition) is 4. The lowest BCUT2D eigenvalue weighted by atomic mass is 10.1. The van der Waals surface area contributed by atoms with Crippen LogP contribution in [0.4, 0.5) is 0 Å². The van der Waals surface area contributed by atoms with Crippen LogP contribution in [-0.2, 0) is 11.3 Å². The van der Waals surface area contributed by atoms with Crippen molar-refractivity contribution in [2.45, 2.75) is 19.6 Å². The van der Waals surface area contributed by atoms with Gasteiger partial charge in [-0.05, 0) is 36.8 Å². The average Bonchev–Trinajstić information content (AvgIpc) is 2.47. The van der Waals surface area contributed by atoms with Gasteiger partial charge in [0.25, 0.3) is 0 Å². The van der Waals surface area contributed by atoms with Crippen LogP contribution in [0.15, 0.2) is 42.5 Å². The summed E-state index contributed by atoms with van der Waals surface area (Å²) in [4.78, 5) is 0. The van der Waals surface area contributed by atoms with E-state index < -0.39 is 6.10 Å². The molecule has 0 heterocycles. The molecule has 0 amide bonds. The molecule has 1 N–H and O–H groups in total. The van der Waals surface area contributed by atoms with Crippen molar-refractivity contribution < 1.29 is 14.6 Å². The van der Waals surface area contributed by atoms with Crippen molar-refractivity contribution >= 4 is 0 Å². The molecule has 0 aromatic heterocycles. The predicted octanol–water partition coefficient (Wildman–Crippen LogP) is 3.55. The molecule has 21 heavy (non-hydrogen) atoms. The van der Waals surface area contributed by atoms with Crippen LogP contribution >= 0.6 is 0 Å². The van der Waals surface area contributed by atoms with Gasteiger partial charge in [0, 0.05) is 12.7 Å². The van der Waals surface area contributed by atoms with Gasteiger partial charge in [0.15, 0.2) is 0 Å². The van der Waals surface area contributed by atoms with E-state index >= 15 is 0 Å². The number of aliphatic hydroxyl groups is 1. The van der Waals surface area contributed by atoms with Crippen LogP contribution in [0.1, 0.15) is 29.7 Å². The lowest BCUT2D eigenvalue weighted by Gasteiger charge is -2.14. The Hall–Kier alpha value is -2.35. The average molecular weight is 283 g/mol. The summed E-state index contributed by atoms with van der Waals surface area (Å²) in [5.41, 5.74) is 2.12. The quantitative estimate of drug-likeness (QED) is 0.911. The molecule has 0 aliphatic heterocycles. The summed E-state index contributed by atoms with van der Waals surface area (Å²) in [6, 6.07) is 14.6. The number of aliphatic hydroxyl groups excluding tert-OH is 1. The van der Waals surface area contributed by atoms with Gasteiger partial charge < -0.3 is 14.6 Å². The fourth-order valence-corrected chi connectivity index (χ4v) is 2.03. The standard InChI is InChI=1S/C17H17NO3/c1-12(19)16-7-6-13(10-18)9-17(16)21-15-5-3-4-14(8-15)11-20-2/h3-9,12,19H,11H2,1-2H3. The lowest BCUT2D eigenvalue weighted by molar-refractivity contribution is 0.184. The van der Waals surface area contributed by atoms with E-state index in [1.807, 2.05) is 24.3 Å². The van der Waals surface area contributed by atoms with Crippen LogP contribution in [-0.4, -0.2) is 12.2 Å². The summed E-state index contributed by atoms with van der Waals surface area (Å²) in [6.07, 6.45) is -0.671. The van der Waals surface area contributed by atoms with E-state index in [0.29, 0.717) is 29.2 Å². The van der Waals surface area contributed by atoms with Crippen LogP contribution in [0, 0.1) is 11.3 Å². The Morgan fingerprint density at radius 3 is 2.71 bits per heavy atom. The summed E-state index contributed by atoms with van der Waals surface area (Å²) < 4.78 is 10.9.